The van der Waals surface area contributed by atoms with Crippen molar-refractivity contribution in [1.82, 2.24) is 9.80 Å². The molecule has 3 aromatic carbocycles. The molecule has 1 aliphatic rings. The first-order valence-electron chi connectivity index (χ1n) is 10.1. The Hall–Kier alpha value is -2.89. The van der Waals surface area contributed by atoms with Gasteiger partial charge in [0.25, 0.3) is 5.91 Å². The van der Waals surface area contributed by atoms with Crippen LogP contribution in [-0.4, -0.2) is 54.3 Å². The predicted octanol–water partition coefficient (Wildman–Crippen LogP) is 4.28. The Balaban J connectivity index is 1.26. The fraction of sp³-hybridized carbons (Fsp3) is 0.250. The molecule has 0 aromatic heterocycles. The normalized spacial score (nSPS) is 14.6. The molecule has 3 aromatic rings. The van der Waals surface area contributed by atoms with Gasteiger partial charge in [0.2, 0.25) is 5.91 Å². The number of benzene rings is 3. The van der Waals surface area contributed by atoms with E-state index in [0.717, 1.165) is 29.5 Å². The van der Waals surface area contributed by atoms with E-state index in [4.69, 9.17) is 11.6 Å². The largest absolute Gasteiger partial charge is 0.336 e. The molecule has 0 bridgehead atoms. The van der Waals surface area contributed by atoms with Crippen LogP contribution in [0.5, 0.6) is 0 Å². The van der Waals surface area contributed by atoms with Crippen LogP contribution in [0.15, 0.2) is 66.7 Å². The molecule has 6 heteroatoms. The summed E-state index contributed by atoms with van der Waals surface area (Å²) in [5.74, 6) is 0.0334. The molecule has 0 atom stereocenters. The zero-order valence-corrected chi connectivity index (χ0v) is 17.4. The smallest absolute Gasteiger partial charge is 0.253 e. The molecule has 154 valence electrons. The molecule has 0 unspecified atom stereocenters. The first-order valence-corrected chi connectivity index (χ1v) is 10.5. The average molecular weight is 422 g/mol. The van der Waals surface area contributed by atoms with Crippen molar-refractivity contribution in [2.75, 3.05) is 38.0 Å². The fourth-order valence-electron chi connectivity index (χ4n) is 3.76. The summed E-state index contributed by atoms with van der Waals surface area (Å²) in [6, 6.07) is 20.9. The second-order valence-electron chi connectivity index (χ2n) is 7.47. The maximum Gasteiger partial charge on any atom is 0.253 e. The van der Waals surface area contributed by atoms with Crippen LogP contribution in [0.2, 0.25) is 5.02 Å². The number of piperazine rings is 1. The summed E-state index contributed by atoms with van der Waals surface area (Å²) in [4.78, 5) is 29.2. The van der Waals surface area contributed by atoms with Crippen LogP contribution in [0.3, 0.4) is 0 Å². The third kappa shape index (κ3) is 4.81. The van der Waals surface area contributed by atoms with E-state index in [9.17, 15) is 9.59 Å². The van der Waals surface area contributed by atoms with E-state index in [1.54, 1.807) is 24.3 Å². The molecule has 30 heavy (non-hydrogen) atoms. The van der Waals surface area contributed by atoms with Crippen LogP contribution in [0.4, 0.5) is 5.69 Å². The summed E-state index contributed by atoms with van der Waals surface area (Å²) in [5.41, 5.74) is 1.50. The highest BCUT2D eigenvalue weighted by atomic mass is 35.5. The highest BCUT2D eigenvalue weighted by Crippen LogP contribution is 2.23. The van der Waals surface area contributed by atoms with E-state index in [0.29, 0.717) is 36.6 Å². The molecule has 5 nitrogen and oxygen atoms in total. The molecule has 4 rings (SSSR count). The quantitative estimate of drug-likeness (QED) is 0.669. The van der Waals surface area contributed by atoms with Gasteiger partial charge in [0.05, 0.1) is 0 Å². The fourth-order valence-corrected chi connectivity index (χ4v) is 3.88. The third-order valence-electron chi connectivity index (χ3n) is 5.47. The van der Waals surface area contributed by atoms with Crippen molar-refractivity contribution < 1.29 is 9.59 Å². The van der Waals surface area contributed by atoms with Gasteiger partial charge in [-0.15, -0.1) is 0 Å². The van der Waals surface area contributed by atoms with Gasteiger partial charge in [0, 0.05) is 60.8 Å². The SMILES string of the molecule is O=C(CCN1CCN(C(=O)c2ccc(Cl)cc2)CC1)Nc1cccc2ccccc12. The van der Waals surface area contributed by atoms with Crippen molar-refractivity contribution in [2.24, 2.45) is 0 Å². The Kier molecular flexibility index (Phi) is 6.31. The minimum atomic E-state index is 0.00558. The van der Waals surface area contributed by atoms with Gasteiger partial charge in [-0.1, -0.05) is 48.0 Å². The van der Waals surface area contributed by atoms with Crippen LogP contribution < -0.4 is 5.32 Å². The van der Waals surface area contributed by atoms with E-state index in [1.807, 2.05) is 47.4 Å². The van der Waals surface area contributed by atoms with Crippen molar-refractivity contribution in [2.45, 2.75) is 6.42 Å². The number of hydrogen-bond donors (Lipinski definition) is 1. The van der Waals surface area contributed by atoms with Crippen molar-refractivity contribution >= 4 is 39.9 Å². The number of amides is 2. The standard InChI is InChI=1S/C24H24ClN3O2/c25-20-10-8-19(9-11-20)24(30)28-16-14-27(15-17-28)13-12-23(29)26-22-7-3-5-18-4-1-2-6-21(18)22/h1-11H,12-17H2,(H,26,29). The number of nitrogens with one attached hydrogen (secondary N) is 1. The molecule has 0 saturated carbocycles. The molecule has 1 fully saturated rings. The van der Waals surface area contributed by atoms with Crippen molar-refractivity contribution in [3.8, 4) is 0 Å². The van der Waals surface area contributed by atoms with E-state index in [1.165, 1.54) is 0 Å². The molecule has 1 saturated heterocycles. The predicted molar refractivity (Wildman–Crippen MR) is 121 cm³/mol. The van der Waals surface area contributed by atoms with Gasteiger partial charge in [-0.3, -0.25) is 14.5 Å². The van der Waals surface area contributed by atoms with E-state index in [2.05, 4.69) is 10.2 Å². The molecule has 1 heterocycles. The molecule has 2 amide bonds. The lowest BCUT2D eigenvalue weighted by Crippen LogP contribution is -2.49. The minimum Gasteiger partial charge on any atom is -0.336 e. The summed E-state index contributed by atoms with van der Waals surface area (Å²) < 4.78 is 0. The van der Waals surface area contributed by atoms with Crippen molar-refractivity contribution in [3.63, 3.8) is 0 Å². The van der Waals surface area contributed by atoms with Gasteiger partial charge < -0.3 is 10.2 Å². The van der Waals surface area contributed by atoms with Crippen LogP contribution in [0, 0.1) is 0 Å². The number of halogens is 1. The van der Waals surface area contributed by atoms with Gasteiger partial charge in [-0.2, -0.15) is 0 Å². The van der Waals surface area contributed by atoms with Gasteiger partial charge in [0.15, 0.2) is 0 Å². The van der Waals surface area contributed by atoms with Gasteiger partial charge in [0.1, 0.15) is 0 Å². The monoisotopic (exact) mass is 421 g/mol. The Morgan fingerprint density at radius 3 is 2.33 bits per heavy atom. The lowest BCUT2D eigenvalue weighted by Gasteiger charge is -2.34. The third-order valence-corrected chi connectivity index (χ3v) is 5.72. The molecule has 0 aliphatic carbocycles. The van der Waals surface area contributed by atoms with Gasteiger partial charge in [-0.25, -0.2) is 0 Å². The molecule has 0 radical (unpaired) electrons. The lowest BCUT2D eigenvalue weighted by atomic mass is 10.1. The second-order valence-corrected chi connectivity index (χ2v) is 7.90. The maximum atomic E-state index is 12.6. The van der Waals surface area contributed by atoms with Crippen molar-refractivity contribution in [3.05, 3.63) is 77.3 Å². The first kappa shape index (κ1) is 20.4. The number of carbonyl (C=O) groups excluding carboxylic acids is 2. The van der Waals surface area contributed by atoms with Crippen LogP contribution >= 0.6 is 11.6 Å². The lowest BCUT2D eigenvalue weighted by molar-refractivity contribution is -0.116. The zero-order chi connectivity index (χ0) is 20.9. The molecule has 1 N–H and O–H groups in total. The second kappa shape index (κ2) is 9.28. The van der Waals surface area contributed by atoms with Crippen molar-refractivity contribution in [1.29, 1.82) is 0 Å². The van der Waals surface area contributed by atoms with E-state index >= 15 is 0 Å². The summed E-state index contributed by atoms with van der Waals surface area (Å²) in [6.45, 7) is 3.53. The van der Waals surface area contributed by atoms with Crippen LogP contribution in [0.1, 0.15) is 16.8 Å². The number of rotatable bonds is 5. The first-order chi connectivity index (χ1) is 14.6. The van der Waals surface area contributed by atoms with E-state index in [-0.39, 0.29) is 11.8 Å². The highest BCUT2D eigenvalue weighted by molar-refractivity contribution is 6.30. The summed E-state index contributed by atoms with van der Waals surface area (Å²) in [5, 5.41) is 5.81. The zero-order valence-electron chi connectivity index (χ0n) is 16.7. The topological polar surface area (TPSA) is 52.7 Å². The van der Waals surface area contributed by atoms with E-state index < -0.39 is 0 Å². The van der Waals surface area contributed by atoms with Crippen LogP contribution in [-0.2, 0) is 4.79 Å². The maximum absolute atomic E-state index is 12.6. The van der Waals surface area contributed by atoms with Crippen LogP contribution in [0.25, 0.3) is 10.8 Å². The Morgan fingerprint density at radius 1 is 0.867 bits per heavy atom. The van der Waals surface area contributed by atoms with Gasteiger partial charge in [-0.05, 0) is 35.7 Å². The number of anilines is 1. The van der Waals surface area contributed by atoms with Gasteiger partial charge >= 0.3 is 0 Å². The number of fused-ring (bicyclic) bond motifs is 1. The Bertz CT molecular complexity index is 1040. The highest BCUT2D eigenvalue weighted by Gasteiger charge is 2.22. The average Bonchev–Trinajstić information content (AvgIpc) is 2.78. The minimum absolute atomic E-state index is 0.00558. The summed E-state index contributed by atoms with van der Waals surface area (Å²) in [7, 11) is 0. The number of hydrogen-bond acceptors (Lipinski definition) is 3. The summed E-state index contributed by atoms with van der Waals surface area (Å²) in [6.07, 6.45) is 0.425. The Labute approximate surface area is 181 Å². The number of nitrogens with zero attached hydrogens (tertiary/aromatic N) is 2. The molecular weight excluding hydrogens is 398 g/mol. The summed E-state index contributed by atoms with van der Waals surface area (Å²) >= 11 is 5.90. The number of carbonyl (C=O) groups is 2. The molecule has 1 aliphatic heterocycles. The molecule has 0 spiro atoms. The molecular formula is C24H24ClN3O2. The Morgan fingerprint density at radius 2 is 1.57 bits per heavy atom.